The molecule has 0 radical (unpaired) electrons. The van der Waals surface area contributed by atoms with Crippen LogP contribution in [-0.4, -0.2) is 23.7 Å². The second kappa shape index (κ2) is 7.24. The lowest BCUT2D eigenvalue weighted by molar-refractivity contribution is 0.0697. The molecule has 3 N–H and O–H groups in total. The minimum Gasteiger partial charge on any atom is -0.478 e. The summed E-state index contributed by atoms with van der Waals surface area (Å²) in [4.78, 5) is 22.7. The average molecular weight is 369 g/mol. The van der Waals surface area contributed by atoms with Gasteiger partial charge in [0.25, 0.3) is 0 Å². The topological polar surface area (TPSA) is 78.4 Å². The Labute approximate surface area is 134 Å². The zero-order chi connectivity index (χ0) is 15.2. The van der Waals surface area contributed by atoms with E-state index >= 15 is 0 Å². The number of urea groups is 1. The van der Waals surface area contributed by atoms with E-state index < -0.39 is 5.97 Å². The Morgan fingerprint density at radius 3 is 2.76 bits per heavy atom. The Balaban J connectivity index is 1.90. The number of halogens is 1. The molecule has 7 heteroatoms. The molecule has 5 nitrogen and oxygen atoms in total. The summed E-state index contributed by atoms with van der Waals surface area (Å²) in [6.07, 6.45) is 0.757. The highest BCUT2D eigenvalue weighted by Crippen LogP contribution is 2.23. The van der Waals surface area contributed by atoms with Crippen molar-refractivity contribution in [2.24, 2.45) is 0 Å². The third-order valence-corrected chi connectivity index (χ3v) is 4.16. The first-order chi connectivity index (χ1) is 10.1. The summed E-state index contributed by atoms with van der Waals surface area (Å²) in [7, 11) is 0. The maximum atomic E-state index is 11.8. The smallest absolute Gasteiger partial charge is 0.335 e. The quantitative estimate of drug-likeness (QED) is 0.754. The number of thiophene rings is 1. The molecule has 0 aliphatic heterocycles. The van der Waals surface area contributed by atoms with Gasteiger partial charge in [-0.15, -0.1) is 0 Å². The highest BCUT2D eigenvalue weighted by atomic mass is 79.9. The number of nitrogens with one attached hydrogen (secondary N) is 2. The Hall–Kier alpha value is -1.86. The number of carbonyl (C=O) groups excluding carboxylic acids is 1. The van der Waals surface area contributed by atoms with Crippen LogP contribution in [0.1, 0.15) is 15.9 Å². The van der Waals surface area contributed by atoms with E-state index in [0.29, 0.717) is 16.7 Å². The molecule has 21 heavy (non-hydrogen) atoms. The van der Waals surface area contributed by atoms with Gasteiger partial charge in [0.1, 0.15) is 0 Å². The summed E-state index contributed by atoms with van der Waals surface area (Å²) >= 11 is 4.89. The highest BCUT2D eigenvalue weighted by Gasteiger charge is 2.09. The first-order valence-electron chi connectivity index (χ1n) is 6.15. The summed E-state index contributed by atoms with van der Waals surface area (Å²) < 4.78 is 0.625. The van der Waals surface area contributed by atoms with Crippen LogP contribution in [0.15, 0.2) is 39.5 Å². The molecule has 1 aromatic heterocycles. The van der Waals surface area contributed by atoms with Crippen LogP contribution in [0.4, 0.5) is 10.5 Å². The van der Waals surface area contributed by atoms with Crippen molar-refractivity contribution in [1.29, 1.82) is 0 Å². The van der Waals surface area contributed by atoms with Crippen molar-refractivity contribution < 1.29 is 14.7 Å². The fraction of sp³-hybridized carbons (Fsp3) is 0.143. The lowest BCUT2D eigenvalue weighted by Crippen LogP contribution is -2.30. The van der Waals surface area contributed by atoms with E-state index in [1.807, 2.05) is 16.8 Å². The van der Waals surface area contributed by atoms with E-state index in [-0.39, 0.29) is 11.6 Å². The van der Waals surface area contributed by atoms with Gasteiger partial charge in [0, 0.05) is 11.0 Å². The van der Waals surface area contributed by atoms with E-state index in [2.05, 4.69) is 26.6 Å². The SMILES string of the molecule is O=C(NCCc1ccsc1)Nc1cc(C(=O)O)ccc1Br. The summed E-state index contributed by atoms with van der Waals surface area (Å²) in [5.41, 5.74) is 1.71. The van der Waals surface area contributed by atoms with E-state index in [1.54, 1.807) is 17.4 Å². The fourth-order valence-corrected chi connectivity index (χ4v) is 2.72. The van der Waals surface area contributed by atoms with Crippen LogP contribution in [0, 0.1) is 0 Å². The van der Waals surface area contributed by atoms with Gasteiger partial charge >= 0.3 is 12.0 Å². The standard InChI is InChI=1S/C14H13BrN2O3S/c15-11-2-1-10(13(18)19)7-12(11)17-14(20)16-5-3-9-4-6-21-8-9/h1-2,4,6-8H,3,5H2,(H,18,19)(H2,16,17,20). The molecule has 110 valence electrons. The molecule has 1 aromatic carbocycles. The van der Waals surface area contributed by atoms with E-state index in [9.17, 15) is 9.59 Å². The predicted octanol–water partition coefficient (Wildman–Crippen LogP) is 3.57. The number of hydrogen-bond acceptors (Lipinski definition) is 3. The monoisotopic (exact) mass is 368 g/mol. The van der Waals surface area contributed by atoms with Gasteiger partial charge in [0.15, 0.2) is 0 Å². The van der Waals surface area contributed by atoms with Crippen LogP contribution in [0.5, 0.6) is 0 Å². The number of carbonyl (C=O) groups is 2. The fourth-order valence-electron chi connectivity index (χ4n) is 1.68. The van der Waals surface area contributed by atoms with Gasteiger partial charge in [-0.2, -0.15) is 11.3 Å². The van der Waals surface area contributed by atoms with Crippen molar-refractivity contribution in [3.63, 3.8) is 0 Å². The van der Waals surface area contributed by atoms with Gasteiger partial charge in [0.2, 0.25) is 0 Å². The minimum atomic E-state index is -1.04. The second-order valence-corrected chi connectivity index (χ2v) is 5.90. The number of aromatic carboxylic acids is 1. The van der Waals surface area contributed by atoms with Crippen LogP contribution in [0.3, 0.4) is 0 Å². The Bertz CT molecular complexity index is 644. The predicted molar refractivity (Wildman–Crippen MR) is 86.1 cm³/mol. The molecule has 0 unspecified atom stereocenters. The molecular formula is C14H13BrN2O3S. The maximum Gasteiger partial charge on any atom is 0.335 e. The normalized spacial score (nSPS) is 10.1. The average Bonchev–Trinajstić information content (AvgIpc) is 2.94. The molecule has 2 amide bonds. The van der Waals surface area contributed by atoms with Gasteiger partial charge in [-0.25, -0.2) is 9.59 Å². The molecule has 1 heterocycles. The number of rotatable bonds is 5. The third-order valence-electron chi connectivity index (χ3n) is 2.74. The number of benzene rings is 1. The summed E-state index contributed by atoms with van der Waals surface area (Å²) in [6.45, 7) is 0.513. The Kier molecular flexibility index (Phi) is 5.35. The second-order valence-electron chi connectivity index (χ2n) is 4.26. The van der Waals surface area contributed by atoms with E-state index in [0.717, 1.165) is 6.42 Å². The molecule has 0 spiro atoms. The molecule has 0 atom stereocenters. The maximum absolute atomic E-state index is 11.8. The van der Waals surface area contributed by atoms with Crippen LogP contribution in [-0.2, 0) is 6.42 Å². The lowest BCUT2D eigenvalue weighted by atomic mass is 10.2. The zero-order valence-corrected chi connectivity index (χ0v) is 13.3. The lowest BCUT2D eigenvalue weighted by Gasteiger charge is -2.09. The van der Waals surface area contributed by atoms with Crippen molar-refractivity contribution in [1.82, 2.24) is 5.32 Å². The number of carboxylic acids is 1. The molecule has 0 bridgehead atoms. The molecule has 0 aliphatic carbocycles. The Morgan fingerprint density at radius 2 is 2.10 bits per heavy atom. The number of anilines is 1. The summed E-state index contributed by atoms with van der Waals surface area (Å²) in [5.74, 6) is -1.04. The molecule has 0 saturated heterocycles. The molecular weight excluding hydrogens is 356 g/mol. The van der Waals surface area contributed by atoms with Crippen LogP contribution < -0.4 is 10.6 Å². The molecule has 0 saturated carbocycles. The van der Waals surface area contributed by atoms with Gasteiger partial charge in [-0.3, -0.25) is 0 Å². The number of amides is 2. The Morgan fingerprint density at radius 1 is 1.29 bits per heavy atom. The van der Waals surface area contributed by atoms with Crippen molar-refractivity contribution in [3.05, 3.63) is 50.6 Å². The van der Waals surface area contributed by atoms with Crippen molar-refractivity contribution in [2.45, 2.75) is 6.42 Å². The van der Waals surface area contributed by atoms with Gasteiger partial charge in [0.05, 0.1) is 11.3 Å². The number of hydrogen-bond donors (Lipinski definition) is 3. The molecule has 0 aliphatic rings. The molecule has 2 rings (SSSR count). The summed E-state index contributed by atoms with van der Waals surface area (Å²) in [5, 5.41) is 18.3. The highest BCUT2D eigenvalue weighted by molar-refractivity contribution is 9.10. The number of carboxylic acid groups (broad SMARTS) is 1. The van der Waals surface area contributed by atoms with E-state index in [4.69, 9.17) is 5.11 Å². The van der Waals surface area contributed by atoms with Crippen molar-refractivity contribution in [2.75, 3.05) is 11.9 Å². The van der Waals surface area contributed by atoms with Crippen LogP contribution in [0.25, 0.3) is 0 Å². The third kappa shape index (κ3) is 4.57. The van der Waals surface area contributed by atoms with Crippen molar-refractivity contribution in [3.8, 4) is 0 Å². The van der Waals surface area contributed by atoms with Gasteiger partial charge in [-0.1, -0.05) is 0 Å². The first kappa shape index (κ1) is 15.5. The first-order valence-corrected chi connectivity index (χ1v) is 7.88. The van der Waals surface area contributed by atoms with Crippen LogP contribution in [0.2, 0.25) is 0 Å². The zero-order valence-electron chi connectivity index (χ0n) is 10.9. The summed E-state index contributed by atoms with van der Waals surface area (Å²) in [6, 6.07) is 6.10. The largest absolute Gasteiger partial charge is 0.478 e. The van der Waals surface area contributed by atoms with E-state index in [1.165, 1.54) is 17.7 Å². The van der Waals surface area contributed by atoms with Crippen LogP contribution >= 0.6 is 27.3 Å². The van der Waals surface area contributed by atoms with Gasteiger partial charge in [-0.05, 0) is 62.9 Å². The van der Waals surface area contributed by atoms with Gasteiger partial charge < -0.3 is 15.7 Å². The molecule has 0 fully saturated rings. The van der Waals surface area contributed by atoms with Crippen molar-refractivity contribution >= 4 is 45.0 Å². The minimum absolute atomic E-state index is 0.117. The molecule has 2 aromatic rings.